The van der Waals surface area contributed by atoms with Gasteiger partial charge < -0.3 is 10.2 Å². The summed E-state index contributed by atoms with van der Waals surface area (Å²) >= 11 is 7.33. The lowest BCUT2D eigenvalue weighted by Crippen LogP contribution is -2.28. The van der Waals surface area contributed by atoms with Crippen molar-refractivity contribution in [2.75, 3.05) is 6.54 Å². The van der Waals surface area contributed by atoms with E-state index in [1.54, 1.807) is 0 Å². The molecule has 1 N–H and O–H groups in total. The lowest BCUT2D eigenvalue weighted by Gasteiger charge is -2.25. The van der Waals surface area contributed by atoms with E-state index >= 15 is 0 Å². The van der Waals surface area contributed by atoms with E-state index in [4.69, 9.17) is 12.2 Å². The molecule has 1 aliphatic rings. The molecule has 0 radical (unpaired) electrons. The second kappa shape index (κ2) is 5.50. The van der Waals surface area contributed by atoms with Gasteiger partial charge in [-0.2, -0.15) is 0 Å². The highest BCUT2D eigenvalue weighted by Crippen LogP contribution is 2.40. The minimum Gasteiger partial charge on any atom is -0.352 e. The zero-order valence-electron chi connectivity index (χ0n) is 11.5. The molecule has 2 atom stereocenters. The molecular weight excluding hydrogens is 286 g/mol. The molecule has 3 nitrogen and oxygen atoms in total. The van der Waals surface area contributed by atoms with Crippen LogP contribution in [-0.2, 0) is 0 Å². The van der Waals surface area contributed by atoms with Gasteiger partial charge in [0.2, 0.25) is 0 Å². The van der Waals surface area contributed by atoms with Crippen molar-refractivity contribution in [2.45, 2.75) is 25.9 Å². The molecule has 1 saturated heterocycles. The van der Waals surface area contributed by atoms with Crippen molar-refractivity contribution in [1.82, 2.24) is 15.2 Å². The van der Waals surface area contributed by atoms with Crippen LogP contribution in [0.15, 0.2) is 36.5 Å². The number of nitrogens with zero attached hydrogens (tertiary/aromatic N) is 2. The molecule has 0 amide bonds. The summed E-state index contributed by atoms with van der Waals surface area (Å²) in [4.78, 5) is 9.42. The highest BCUT2D eigenvalue weighted by molar-refractivity contribution is 7.80. The van der Waals surface area contributed by atoms with Crippen LogP contribution in [0.2, 0.25) is 0 Å². The van der Waals surface area contributed by atoms with Gasteiger partial charge >= 0.3 is 0 Å². The fourth-order valence-electron chi connectivity index (χ4n) is 2.67. The van der Waals surface area contributed by atoms with Crippen LogP contribution in [-0.4, -0.2) is 21.5 Å². The van der Waals surface area contributed by atoms with E-state index in [0.29, 0.717) is 0 Å². The molecule has 0 aromatic carbocycles. The van der Waals surface area contributed by atoms with Crippen LogP contribution in [0, 0.1) is 6.92 Å². The highest BCUT2D eigenvalue weighted by Gasteiger charge is 2.39. The number of thiophene rings is 1. The number of thiocarbonyl (C=S) groups is 1. The van der Waals surface area contributed by atoms with E-state index in [1.807, 2.05) is 29.7 Å². The second-order valence-electron chi connectivity index (χ2n) is 4.86. The fraction of sp³-hybridized carbons (Fsp3) is 0.333. The molecule has 1 fully saturated rings. The molecule has 0 bridgehead atoms. The van der Waals surface area contributed by atoms with Gasteiger partial charge in [0.25, 0.3) is 0 Å². The molecule has 0 spiro atoms. The van der Waals surface area contributed by atoms with E-state index < -0.39 is 0 Å². The Hall–Kier alpha value is -1.46. The van der Waals surface area contributed by atoms with Gasteiger partial charge in [-0.3, -0.25) is 4.98 Å². The minimum absolute atomic E-state index is 0.127. The zero-order chi connectivity index (χ0) is 14.1. The maximum Gasteiger partial charge on any atom is 0.170 e. The lowest BCUT2D eigenvalue weighted by atomic mass is 10.0. The van der Waals surface area contributed by atoms with E-state index in [0.717, 1.165) is 17.4 Å². The van der Waals surface area contributed by atoms with Crippen LogP contribution in [0.25, 0.3) is 0 Å². The van der Waals surface area contributed by atoms with Crippen LogP contribution < -0.4 is 5.32 Å². The van der Waals surface area contributed by atoms with E-state index in [2.05, 4.69) is 47.2 Å². The highest BCUT2D eigenvalue weighted by atomic mass is 32.1. The maximum atomic E-state index is 5.49. The number of nitrogens with one attached hydrogen (secondary N) is 1. The van der Waals surface area contributed by atoms with Crippen LogP contribution in [0.5, 0.6) is 0 Å². The smallest absolute Gasteiger partial charge is 0.170 e. The molecular formula is C15H17N3S2. The minimum atomic E-state index is 0.127. The first-order valence-corrected chi connectivity index (χ1v) is 7.97. The van der Waals surface area contributed by atoms with E-state index in [9.17, 15) is 0 Å². The van der Waals surface area contributed by atoms with Crippen molar-refractivity contribution in [3.63, 3.8) is 0 Å². The summed E-state index contributed by atoms with van der Waals surface area (Å²) in [5.41, 5.74) is 1.04. The summed E-state index contributed by atoms with van der Waals surface area (Å²) in [6, 6.07) is 10.8. The average Bonchev–Trinajstić information content (AvgIpc) is 3.03. The first kappa shape index (κ1) is 13.5. The molecule has 0 saturated carbocycles. The molecule has 3 rings (SSSR count). The first-order valence-electron chi connectivity index (χ1n) is 6.75. The van der Waals surface area contributed by atoms with Crippen molar-refractivity contribution in [3.05, 3.63) is 52.0 Å². The van der Waals surface area contributed by atoms with E-state index in [-0.39, 0.29) is 12.1 Å². The molecule has 104 valence electrons. The zero-order valence-corrected chi connectivity index (χ0v) is 13.2. The standard InChI is InChI=1S/C15H17N3S2/c1-3-18-14(12-8-7-10(2)20-12)13(17-15(18)19)11-6-4-5-9-16-11/h4-9,13-14H,3H2,1-2H3,(H,17,19)/t13-,14+/m1/s1. The predicted octanol–water partition coefficient (Wildman–Crippen LogP) is 3.44. The first-order chi connectivity index (χ1) is 9.70. The predicted molar refractivity (Wildman–Crippen MR) is 86.9 cm³/mol. The van der Waals surface area contributed by atoms with Gasteiger partial charge in [-0.15, -0.1) is 11.3 Å². The Kier molecular flexibility index (Phi) is 3.72. The third kappa shape index (κ3) is 2.31. The van der Waals surface area contributed by atoms with Crippen LogP contribution in [0.3, 0.4) is 0 Å². The summed E-state index contributed by atoms with van der Waals surface area (Å²) in [5, 5.41) is 4.25. The van der Waals surface area contributed by atoms with Crippen LogP contribution in [0.1, 0.15) is 34.5 Å². The number of pyridine rings is 1. The monoisotopic (exact) mass is 303 g/mol. The number of rotatable bonds is 3. The summed E-state index contributed by atoms with van der Waals surface area (Å²) < 4.78 is 0. The Morgan fingerprint density at radius 2 is 2.20 bits per heavy atom. The molecule has 5 heteroatoms. The summed E-state index contributed by atoms with van der Waals surface area (Å²) in [6.07, 6.45) is 1.84. The molecule has 2 aromatic rings. The SMILES string of the molecule is CCN1C(=S)N[C@H](c2ccccn2)[C@@H]1c1ccc(C)s1. The molecule has 3 heterocycles. The van der Waals surface area contributed by atoms with Crippen LogP contribution in [0.4, 0.5) is 0 Å². The van der Waals surface area contributed by atoms with Gasteiger partial charge in [-0.05, 0) is 50.3 Å². The van der Waals surface area contributed by atoms with Crippen molar-refractivity contribution in [1.29, 1.82) is 0 Å². The average molecular weight is 303 g/mol. The second-order valence-corrected chi connectivity index (χ2v) is 6.57. The fourth-order valence-corrected chi connectivity index (χ4v) is 4.06. The van der Waals surface area contributed by atoms with Crippen molar-refractivity contribution >= 4 is 28.7 Å². The van der Waals surface area contributed by atoms with Gasteiger partial charge in [-0.1, -0.05) is 6.07 Å². The Balaban J connectivity index is 2.02. The van der Waals surface area contributed by atoms with Gasteiger partial charge in [0.1, 0.15) is 0 Å². The van der Waals surface area contributed by atoms with Crippen LogP contribution >= 0.6 is 23.6 Å². The van der Waals surface area contributed by atoms with Gasteiger partial charge in [0, 0.05) is 22.5 Å². The Morgan fingerprint density at radius 3 is 2.80 bits per heavy atom. The van der Waals surface area contributed by atoms with Gasteiger partial charge in [0.05, 0.1) is 17.8 Å². The van der Waals surface area contributed by atoms with E-state index in [1.165, 1.54) is 9.75 Å². The lowest BCUT2D eigenvalue weighted by molar-refractivity contribution is 0.335. The third-order valence-corrected chi connectivity index (χ3v) is 5.01. The molecule has 1 aliphatic heterocycles. The van der Waals surface area contributed by atoms with Crippen molar-refractivity contribution in [3.8, 4) is 0 Å². The molecule has 0 aliphatic carbocycles. The number of hydrogen-bond donors (Lipinski definition) is 1. The van der Waals surface area contributed by atoms with Crippen molar-refractivity contribution in [2.24, 2.45) is 0 Å². The molecule has 2 aromatic heterocycles. The number of aromatic nitrogens is 1. The summed E-state index contributed by atoms with van der Waals surface area (Å²) in [6.45, 7) is 5.18. The topological polar surface area (TPSA) is 28.2 Å². The Bertz CT molecular complexity index is 609. The van der Waals surface area contributed by atoms with Gasteiger partial charge in [-0.25, -0.2) is 0 Å². The number of hydrogen-bond acceptors (Lipinski definition) is 3. The number of likely N-dealkylation sites (N-methyl/N-ethyl adjacent to an activating group) is 1. The quantitative estimate of drug-likeness (QED) is 0.879. The summed E-state index contributed by atoms with van der Waals surface area (Å²) in [7, 11) is 0. The van der Waals surface area contributed by atoms with Gasteiger partial charge in [0.15, 0.2) is 5.11 Å². The number of aryl methyl sites for hydroxylation is 1. The molecule has 0 unspecified atom stereocenters. The Labute approximate surface area is 128 Å². The van der Waals surface area contributed by atoms with Crippen molar-refractivity contribution < 1.29 is 0 Å². The largest absolute Gasteiger partial charge is 0.352 e. The third-order valence-electron chi connectivity index (χ3n) is 3.59. The molecule has 20 heavy (non-hydrogen) atoms. The normalized spacial score (nSPS) is 22.1. The Morgan fingerprint density at radius 1 is 1.35 bits per heavy atom. The summed E-state index contributed by atoms with van der Waals surface area (Å²) in [5.74, 6) is 0. The maximum absolute atomic E-state index is 5.49.